The van der Waals surface area contributed by atoms with Crippen molar-refractivity contribution in [2.24, 2.45) is 0 Å². The molecule has 0 bridgehead atoms. The predicted molar refractivity (Wildman–Crippen MR) is 116 cm³/mol. The molecule has 29 heavy (non-hydrogen) atoms. The number of carbonyl (C=O) groups excluding carboxylic acids is 2. The number of amides is 2. The number of ether oxygens (including phenoxy) is 1. The molecule has 2 rings (SSSR count). The van der Waals surface area contributed by atoms with Crippen LogP contribution in [-0.4, -0.2) is 35.9 Å². The van der Waals surface area contributed by atoms with Crippen LogP contribution in [0.25, 0.3) is 0 Å². The van der Waals surface area contributed by atoms with E-state index in [0.29, 0.717) is 11.6 Å². The molecule has 0 aliphatic heterocycles. The zero-order valence-electron chi connectivity index (χ0n) is 17.4. The maximum atomic E-state index is 13.1. The van der Waals surface area contributed by atoms with Crippen LogP contribution in [0.4, 0.5) is 0 Å². The van der Waals surface area contributed by atoms with Crippen LogP contribution >= 0.6 is 11.6 Å². The molecule has 0 spiro atoms. The zero-order valence-corrected chi connectivity index (χ0v) is 18.2. The van der Waals surface area contributed by atoms with E-state index in [1.54, 1.807) is 31.1 Å². The maximum absolute atomic E-state index is 13.1. The van der Waals surface area contributed by atoms with Crippen molar-refractivity contribution in [1.29, 1.82) is 0 Å². The van der Waals surface area contributed by atoms with Crippen molar-refractivity contribution in [2.75, 3.05) is 7.11 Å². The monoisotopic (exact) mass is 416 g/mol. The van der Waals surface area contributed by atoms with Gasteiger partial charge in [0, 0.05) is 17.6 Å². The highest BCUT2D eigenvalue weighted by atomic mass is 35.5. The average Bonchev–Trinajstić information content (AvgIpc) is 2.73. The van der Waals surface area contributed by atoms with E-state index in [1.165, 1.54) is 0 Å². The van der Waals surface area contributed by atoms with E-state index >= 15 is 0 Å². The molecule has 0 unspecified atom stereocenters. The first-order valence-corrected chi connectivity index (χ1v) is 10.2. The van der Waals surface area contributed by atoms with Crippen LogP contribution < -0.4 is 10.1 Å². The molecule has 2 aromatic carbocycles. The van der Waals surface area contributed by atoms with E-state index in [-0.39, 0.29) is 24.3 Å². The first-order valence-electron chi connectivity index (χ1n) is 9.81. The first-order chi connectivity index (χ1) is 13.8. The van der Waals surface area contributed by atoms with Crippen LogP contribution in [0.5, 0.6) is 5.75 Å². The Bertz CT molecular complexity index is 806. The fourth-order valence-electron chi connectivity index (χ4n) is 2.85. The zero-order chi connectivity index (χ0) is 21.4. The fourth-order valence-corrected chi connectivity index (χ4v) is 2.98. The number of methoxy groups -OCH3 is 1. The normalized spacial score (nSPS) is 12.7. The van der Waals surface area contributed by atoms with Crippen LogP contribution in [0.15, 0.2) is 48.5 Å². The topological polar surface area (TPSA) is 58.6 Å². The molecule has 0 aromatic heterocycles. The number of rotatable bonds is 9. The van der Waals surface area contributed by atoms with Gasteiger partial charge in [-0.3, -0.25) is 9.59 Å². The van der Waals surface area contributed by atoms with Gasteiger partial charge in [-0.15, -0.1) is 0 Å². The number of nitrogens with one attached hydrogen (secondary N) is 1. The quantitative estimate of drug-likeness (QED) is 0.665. The highest BCUT2D eigenvalue weighted by Gasteiger charge is 2.26. The van der Waals surface area contributed by atoms with Gasteiger partial charge in [0.05, 0.1) is 13.5 Å². The smallest absolute Gasteiger partial charge is 0.242 e. The third-order valence-corrected chi connectivity index (χ3v) is 5.20. The third kappa shape index (κ3) is 6.79. The van der Waals surface area contributed by atoms with Gasteiger partial charge in [0.2, 0.25) is 11.8 Å². The second kappa shape index (κ2) is 10.9. The largest absolute Gasteiger partial charge is 0.497 e. The second-order valence-electron chi connectivity index (χ2n) is 7.17. The average molecular weight is 417 g/mol. The van der Waals surface area contributed by atoms with E-state index in [0.717, 1.165) is 23.3 Å². The Morgan fingerprint density at radius 1 is 1.03 bits per heavy atom. The minimum Gasteiger partial charge on any atom is -0.497 e. The summed E-state index contributed by atoms with van der Waals surface area (Å²) in [4.78, 5) is 27.4. The minimum atomic E-state index is -0.592. The third-order valence-electron chi connectivity index (χ3n) is 4.95. The van der Waals surface area contributed by atoms with Gasteiger partial charge < -0.3 is 15.0 Å². The number of halogens is 1. The van der Waals surface area contributed by atoms with Gasteiger partial charge in [0.15, 0.2) is 0 Å². The van der Waals surface area contributed by atoms with Gasteiger partial charge in [-0.05, 0) is 55.7 Å². The van der Waals surface area contributed by atoms with Crippen molar-refractivity contribution in [2.45, 2.75) is 52.2 Å². The lowest BCUT2D eigenvalue weighted by atomic mass is 10.1. The van der Waals surface area contributed by atoms with Gasteiger partial charge in [0.25, 0.3) is 0 Å². The van der Waals surface area contributed by atoms with E-state index in [1.807, 2.05) is 50.2 Å². The Morgan fingerprint density at radius 2 is 1.62 bits per heavy atom. The lowest BCUT2D eigenvalue weighted by Crippen LogP contribution is -2.49. The van der Waals surface area contributed by atoms with E-state index in [9.17, 15) is 9.59 Å². The van der Waals surface area contributed by atoms with Gasteiger partial charge in [-0.1, -0.05) is 42.8 Å². The lowest BCUT2D eigenvalue weighted by Gasteiger charge is -2.30. The summed E-state index contributed by atoms with van der Waals surface area (Å²) in [6.07, 6.45) is 1.04. The highest BCUT2D eigenvalue weighted by molar-refractivity contribution is 6.30. The molecular formula is C23H29ClN2O3. The Morgan fingerprint density at radius 3 is 2.17 bits per heavy atom. The summed E-state index contributed by atoms with van der Waals surface area (Å²) in [6, 6.07) is 14.1. The molecule has 2 atom stereocenters. The Balaban J connectivity index is 2.20. The summed E-state index contributed by atoms with van der Waals surface area (Å²) in [5.41, 5.74) is 1.78. The van der Waals surface area contributed by atoms with Gasteiger partial charge >= 0.3 is 0 Å². The SMILES string of the molecule is CC[C@@H](C)NC(=O)[C@H](C)N(Cc1ccc(Cl)cc1)C(=O)Cc1ccc(OC)cc1. The molecule has 0 aliphatic rings. The van der Waals surface area contributed by atoms with Crippen LogP contribution in [0.1, 0.15) is 38.3 Å². The Hall–Kier alpha value is -2.53. The first kappa shape index (κ1) is 22.8. The molecule has 6 heteroatoms. The molecule has 0 saturated carbocycles. The van der Waals surface area contributed by atoms with Crippen molar-refractivity contribution in [3.8, 4) is 5.75 Å². The molecule has 156 valence electrons. The molecule has 0 saturated heterocycles. The minimum absolute atomic E-state index is 0.0547. The summed E-state index contributed by atoms with van der Waals surface area (Å²) in [6.45, 7) is 6.06. The van der Waals surface area contributed by atoms with Crippen molar-refractivity contribution >= 4 is 23.4 Å². The summed E-state index contributed by atoms with van der Waals surface area (Å²) < 4.78 is 5.17. The summed E-state index contributed by atoms with van der Waals surface area (Å²) >= 11 is 5.97. The van der Waals surface area contributed by atoms with E-state index in [4.69, 9.17) is 16.3 Å². The Labute approximate surface area is 178 Å². The predicted octanol–water partition coefficient (Wildman–Crippen LogP) is 4.22. The van der Waals surface area contributed by atoms with Crippen LogP contribution in [0.3, 0.4) is 0 Å². The molecule has 0 aliphatic carbocycles. The fraction of sp³-hybridized carbons (Fsp3) is 0.391. The molecule has 2 amide bonds. The molecule has 0 radical (unpaired) electrons. The summed E-state index contributed by atoms with van der Waals surface area (Å²) in [5.74, 6) is 0.467. The molecule has 0 fully saturated rings. The molecule has 2 aromatic rings. The number of hydrogen-bond donors (Lipinski definition) is 1. The maximum Gasteiger partial charge on any atom is 0.242 e. The molecule has 0 heterocycles. The number of benzene rings is 2. The summed E-state index contributed by atoms with van der Waals surface area (Å²) in [5, 5.41) is 3.60. The second-order valence-corrected chi connectivity index (χ2v) is 7.60. The van der Waals surface area contributed by atoms with Crippen LogP contribution in [0, 0.1) is 0 Å². The summed E-state index contributed by atoms with van der Waals surface area (Å²) in [7, 11) is 1.60. The van der Waals surface area contributed by atoms with E-state index < -0.39 is 6.04 Å². The number of nitrogens with zero attached hydrogens (tertiary/aromatic N) is 1. The molecule has 1 N–H and O–H groups in total. The van der Waals surface area contributed by atoms with Crippen molar-refractivity contribution in [3.63, 3.8) is 0 Å². The standard InChI is InChI=1S/C23H29ClN2O3/c1-5-16(2)25-23(28)17(3)26(15-19-6-10-20(24)11-7-19)22(27)14-18-8-12-21(29-4)13-9-18/h6-13,16-17H,5,14-15H2,1-4H3,(H,25,28)/t16-,17+/m1/s1. The van der Waals surface area contributed by atoms with Gasteiger partial charge in [-0.25, -0.2) is 0 Å². The lowest BCUT2D eigenvalue weighted by molar-refractivity contribution is -0.140. The number of carbonyl (C=O) groups is 2. The van der Waals surface area contributed by atoms with Crippen LogP contribution in [-0.2, 0) is 22.6 Å². The highest BCUT2D eigenvalue weighted by Crippen LogP contribution is 2.17. The Kier molecular flexibility index (Phi) is 8.52. The van der Waals surface area contributed by atoms with Crippen molar-refractivity contribution in [1.82, 2.24) is 10.2 Å². The van der Waals surface area contributed by atoms with Crippen molar-refractivity contribution in [3.05, 3.63) is 64.7 Å². The van der Waals surface area contributed by atoms with Gasteiger partial charge in [0.1, 0.15) is 11.8 Å². The molecular weight excluding hydrogens is 388 g/mol. The van der Waals surface area contributed by atoms with E-state index in [2.05, 4.69) is 5.32 Å². The number of hydrogen-bond acceptors (Lipinski definition) is 3. The van der Waals surface area contributed by atoms with Crippen molar-refractivity contribution < 1.29 is 14.3 Å². The molecule has 5 nitrogen and oxygen atoms in total. The van der Waals surface area contributed by atoms with Gasteiger partial charge in [-0.2, -0.15) is 0 Å². The van der Waals surface area contributed by atoms with Crippen LogP contribution in [0.2, 0.25) is 5.02 Å².